The van der Waals surface area contributed by atoms with E-state index in [-0.39, 0.29) is 24.8 Å². The number of nitrogens with zero attached hydrogens (tertiary/aromatic N) is 1. The number of hydrogen-bond acceptors (Lipinski definition) is 4. The van der Waals surface area contributed by atoms with Crippen LogP contribution in [0.25, 0.3) is 0 Å². The van der Waals surface area contributed by atoms with Crippen molar-refractivity contribution in [1.82, 2.24) is 10.2 Å². The standard InChI is InChI=1S/C26H26N2O4/c1-31-21-12-13-23(32-2)20(14-21)16-27-26(30)25-22-11-7-6-10-19(22)15-24(29)28(25)17-18-8-4-3-5-9-18/h3-14,25H,15-17H2,1-2H3,(H,27,30)/t25-/m0/s1. The topological polar surface area (TPSA) is 67.9 Å². The van der Waals surface area contributed by atoms with Crippen LogP contribution in [-0.4, -0.2) is 30.9 Å². The van der Waals surface area contributed by atoms with E-state index in [1.807, 2.05) is 72.8 Å². The number of amides is 2. The summed E-state index contributed by atoms with van der Waals surface area (Å²) in [4.78, 5) is 28.2. The van der Waals surface area contributed by atoms with E-state index >= 15 is 0 Å². The van der Waals surface area contributed by atoms with E-state index in [1.54, 1.807) is 19.1 Å². The minimum Gasteiger partial charge on any atom is -0.497 e. The largest absolute Gasteiger partial charge is 0.497 e. The quantitative estimate of drug-likeness (QED) is 0.621. The van der Waals surface area contributed by atoms with Gasteiger partial charge in [0, 0.05) is 18.7 Å². The van der Waals surface area contributed by atoms with Gasteiger partial charge >= 0.3 is 0 Å². The minimum absolute atomic E-state index is 0.0633. The lowest BCUT2D eigenvalue weighted by molar-refractivity contribution is -0.142. The Hall–Kier alpha value is -3.80. The molecule has 3 aromatic rings. The number of rotatable bonds is 7. The summed E-state index contributed by atoms with van der Waals surface area (Å²) in [6.45, 7) is 0.625. The summed E-state index contributed by atoms with van der Waals surface area (Å²) in [5.74, 6) is 1.05. The first-order valence-corrected chi connectivity index (χ1v) is 10.5. The van der Waals surface area contributed by atoms with Gasteiger partial charge in [-0.15, -0.1) is 0 Å². The van der Waals surface area contributed by atoms with Gasteiger partial charge in [0.15, 0.2) is 0 Å². The lowest BCUT2D eigenvalue weighted by atomic mass is 9.91. The molecule has 0 radical (unpaired) electrons. The van der Waals surface area contributed by atoms with Crippen LogP contribution in [0.1, 0.15) is 28.3 Å². The molecule has 0 bridgehead atoms. The lowest BCUT2D eigenvalue weighted by Crippen LogP contribution is -2.46. The molecule has 2 amide bonds. The van der Waals surface area contributed by atoms with Crippen LogP contribution in [0.5, 0.6) is 11.5 Å². The van der Waals surface area contributed by atoms with Crippen molar-refractivity contribution in [2.45, 2.75) is 25.6 Å². The molecule has 6 heteroatoms. The molecule has 0 saturated carbocycles. The Balaban J connectivity index is 1.62. The molecule has 32 heavy (non-hydrogen) atoms. The highest BCUT2D eigenvalue weighted by Crippen LogP contribution is 2.32. The van der Waals surface area contributed by atoms with E-state index < -0.39 is 6.04 Å². The van der Waals surface area contributed by atoms with Gasteiger partial charge in [-0.3, -0.25) is 9.59 Å². The van der Waals surface area contributed by atoms with Crippen molar-refractivity contribution in [3.8, 4) is 11.5 Å². The van der Waals surface area contributed by atoms with Gasteiger partial charge in [0.05, 0.1) is 20.6 Å². The summed E-state index contributed by atoms with van der Waals surface area (Å²) in [5, 5.41) is 3.00. The number of fused-ring (bicyclic) bond motifs is 1. The normalized spacial score (nSPS) is 15.1. The van der Waals surface area contributed by atoms with Crippen molar-refractivity contribution in [1.29, 1.82) is 0 Å². The van der Waals surface area contributed by atoms with E-state index in [9.17, 15) is 9.59 Å². The second kappa shape index (κ2) is 9.56. The second-order valence-electron chi connectivity index (χ2n) is 7.68. The van der Waals surface area contributed by atoms with Crippen molar-refractivity contribution in [2.24, 2.45) is 0 Å². The zero-order valence-electron chi connectivity index (χ0n) is 18.2. The van der Waals surface area contributed by atoms with E-state index in [4.69, 9.17) is 9.47 Å². The summed E-state index contributed by atoms with van der Waals surface area (Å²) in [6.07, 6.45) is 0.288. The average Bonchev–Trinajstić information content (AvgIpc) is 2.83. The van der Waals surface area contributed by atoms with Crippen LogP contribution in [0.4, 0.5) is 0 Å². The highest BCUT2D eigenvalue weighted by atomic mass is 16.5. The third-order valence-electron chi connectivity index (χ3n) is 5.71. The molecular weight excluding hydrogens is 404 g/mol. The lowest BCUT2D eigenvalue weighted by Gasteiger charge is -2.36. The molecule has 0 aliphatic carbocycles. The smallest absolute Gasteiger partial charge is 0.247 e. The minimum atomic E-state index is -0.704. The SMILES string of the molecule is COc1ccc(OC)c(CNC(=O)[C@@H]2c3ccccc3CC(=O)N2Cc2ccccc2)c1. The predicted molar refractivity (Wildman–Crippen MR) is 121 cm³/mol. The number of nitrogens with one attached hydrogen (secondary N) is 1. The van der Waals surface area contributed by atoms with Crippen LogP contribution in [0.15, 0.2) is 72.8 Å². The molecule has 1 atom stereocenters. The molecule has 0 aromatic heterocycles. The molecule has 0 saturated heterocycles. The van der Waals surface area contributed by atoms with E-state index in [0.717, 1.165) is 22.3 Å². The van der Waals surface area contributed by atoms with E-state index in [2.05, 4.69) is 5.32 Å². The Morgan fingerprint density at radius 2 is 1.75 bits per heavy atom. The molecule has 6 nitrogen and oxygen atoms in total. The monoisotopic (exact) mass is 430 g/mol. The Kier molecular flexibility index (Phi) is 6.40. The van der Waals surface area contributed by atoms with Gasteiger partial charge in [0.25, 0.3) is 0 Å². The van der Waals surface area contributed by atoms with Crippen molar-refractivity contribution in [3.05, 3.63) is 95.1 Å². The van der Waals surface area contributed by atoms with Crippen molar-refractivity contribution < 1.29 is 19.1 Å². The van der Waals surface area contributed by atoms with Crippen molar-refractivity contribution in [2.75, 3.05) is 14.2 Å². The van der Waals surface area contributed by atoms with E-state index in [1.165, 1.54) is 0 Å². The first-order valence-electron chi connectivity index (χ1n) is 10.5. The molecular formula is C26H26N2O4. The van der Waals surface area contributed by atoms with Gasteiger partial charge in [-0.2, -0.15) is 0 Å². The van der Waals surface area contributed by atoms with Crippen LogP contribution in [0, 0.1) is 0 Å². The highest BCUT2D eigenvalue weighted by molar-refractivity contribution is 5.92. The molecule has 1 heterocycles. The van der Waals surface area contributed by atoms with Crippen LogP contribution in [-0.2, 0) is 29.1 Å². The van der Waals surface area contributed by atoms with Crippen LogP contribution in [0.3, 0.4) is 0 Å². The zero-order chi connectivity index (χ0) is 22.5. The van der Waals surface area contributed by atoms with Crippen molar-refractivity contribution >= 4 is 11.8 Å². The molecule has 4 rings (SSSR count). The van der Waals surface area contributed by atoms with E-state index in [0.29, 0.717) is 18.0 Å². The first-order chi connectivity index (χ1) is 15.6. The number of methoxy groups -OCH3 is 2. The number of carbonyl (C=O) groups is 2. The number of benzene rings is 3. The second-order valence-corrected chi connectivity index (χ2v) is 7.68. The molecule has 1 N–H and O–H groups in total. The molecule has 1 aliphatic rings. The average molecular weight is 431 g/mol. The zero-order valence-corrected chi connectivity index (χ0v) is 18.2. The fourth-order valence-corrected chi connectivity index (χ4v) is 4.08. The molecule has 164 valence electrons. The maximum atomic E-state index is 13.5. The maximum absolute atomic E-state index is 13.5. The molecule has 0 unspecified atom stereocenters. The third kappa shape index (κ3) is 4.44. The molecule has 0 fully saturated rings. The Bertz CT molecular complexity index is 1110. The number of ether oxygens (including phenoxy) is 2. The van der Waals surface area contributed by atoms with Gasteiger partial charge in [-0.05, 0) is 34.9 Å². The van der Waals surface area contributed by atoms with Gasteiger partial charge in [0.1, 0.15) is 17.5 Å². The molecule has 0 spiro atoms. The van der Waals surface area contributed by atoms with Gasteiger partial charge in [-0.1, -0.05) is 54.6 Å². The maximum Gasteiger partial charge on any atom is 0.247 e. The van der Waals surface area contributed by atoms with Crippen molar-refractivity contribution in [3.63, 3.8) is 0 Å². The molecule has 1 aliphatic heterocycles. The number of hydrogen-bond donors (Lipinski definition) is 1. The summed E-state index contributed by atoms with van der Waals surface area (Å²) in [6, 6.07) is 22.1. The Morgan fingerprint density at radius 3 is 2.50 bits per heavy atom. The number of carbonyl (C=O) groups excluding carboxylic acids is 2. The van der Waals surface area contributed by atoms with Crippen LogP contribution >= 0.6 is 0 Å². The Morgan fingerprint density at radius 1 is 1.00 bits per heavy atom. The Labute approximate surface area is 187 Å². The predicted octanol–water partition coefficient (Wildman–Crippen LogP) is 3.65. The van der Waals surface area contributed by atoms with Gasteiger partial charge in [-0.25, -0.2) is 0 Å². The third-order valence-corrected chi connectivity index (χ3v) is 5.71. The highest BCUT2D eigenvalue weighted by Gasteiger charge is 2.37. The van der Waals surface area contributed by atoms with Crippen LogP contribution in [0.2, 0.25) is 0 Å². The summed E-state index contributed by atoms with van der Waals surface area (Å²) in [7, 11) is 3.18. The summed E-state index contributed by atoms with van der Waals surface area (Å²) < 4.78 is 10.7. The fraction of sp³-hybridized carbons (Fsp3) is 0.231. The summed E-state index contributed by atoms with van der Waals surface area (Å²) >= 11 is 0. The fourth-order valence-electron chi connectivity index (χ4n) is 4.08. The molecule has 3 aromatic carbocycles. The van der Waals surface area contributed by atoms with Gasteiger partial charge < -0.3 is 19.7 Å². The first kappa shape index (κ1) is 21.4. The van der Waals surface area contributed by atoms with Crippen LogP contribution < -0.4 is 14.8 Å². The summed E-state index contributed by atoms with van der Waals surface area (Å²) in [5.41, 5.74) is 3.52. The van der Waals surface area contributed by atoms with Gasteiger partial charge in [0.2, 0.25) is 11.8 Å².